The lowest BCUT2D eigenvalue weighted by Crippen LogP contribution is -2.45. The van der Waals surface area contributed by atoms with Gasteiger partial charge in [0.15, 0.2) is 0 Å². The Hall–Kier alpha value is -0.240. The second-order valence-corrected chi connectivity index (χ2v) is 2.65. The van der Waals surface area contributed by atoms with Gasteiger partial charge >= 0.3 is 0 Å². The highest BCUT2D eigenvalue weighted by Crippen LogP contribution is 1.72. The smallest absolute Gasteiger partial charge is 0.0290 e. The third kappa shape index (κ3) is 7.86. The third-order valence-electron chi connectivity index (χ3n) is 1.42. The Morgan fingerprint density at radius 3 is 1.50 bits per heavy atom. The van der Waals surface area contributed by atoms with Crippen molar-refractivity contribution >= 4 is 0 Å². The maximum Gasteiger partial charge on any atom is 0.0290 e. The molecule has 0 aromatic carbocycles. The van der Waals surface area contributed by atoms with Gasteiger partial charge in [-0.3, -0.25) is 0 Å². The first-order valence-electron chi connectivity index (χ1n) is 3.82. The summed E-state index contributed by atoms with van der Waals surface area (Å²) in [5, 5.41) is 3.08. The summed E-state index contributed by atoms with van der Waals surface area (Å²) >= 11 is 0. The van der Waals surface area contributed by atoms with Crippen molar-refractivity contribution in [1.29, 1.82) is 0 Å². The molecule has 0 heterocycles. The fourth-order valence-corrected chi connectivity index (χ4v) is 0.621. The van der Waals surface area contributed by atoms with Gasteiger partial charge in [0.1, 0.15) is 0 Å². The number of nitrogens with one attached hydrogen (secondary N) is 1. The van der Waals surface area contributed by atoms with Gasteiger partial charge in [0.05, 0.1) is 0 Å². The summed E-state index contributed by atoms with van der Waals surface area (Å²) in [5.41, 5.74) is 21.7. The van der Waals surface area contributed by atoms with Crippen molar-refractivity contribution < 1.29 is 0 Å². The van der Waals surface area contributed by atoms with E-state index in [4.69, 9.17) is 22.9 Å². The van der Waals surface area contributed by atoms with E-state index in [0.29, 0.717) is 26.2 Å². The Morgan fingerprint density at radius 2 is 1.25 bits per heavy atom. The summed E-state index contributed by atoms with van der Waals surface area (Å²) in [6, 6.07) is 0.0277. The van der Waals surface area contributed by atoms with E-state index in [2.05, 4.69) is 5.32 Å². The quantitative estimate of drug-likeness (QED) is 0.260. The summed E-state index contributed by atoms with van der Waals surface area (Å²) in [6.45, 7) is 2.38. The zero-order valence-corrected chi connectivity index (χ0v) is 7.50. The van der Waals surface area contributed by atoms with Crippen LogP contribution in [0.3, 0.4) is 0 Å². The van der Waals surface area contributed by atoms with Crippen molar-refractivity contribution in [2.24, 2.45) is 22.9 Å². The SMILES string of the molecule is N.NCC(N)CNCC(N)CN. The highest BCUT2D eigenvalue weighted by atomic mass is 14.9. The minimum atomic E-state index is 0. The lowest BCUT2D eigenvalue weighted by atomic mass is 10.3. The van der Waals surface area contributed by atoms with Crippen molar-refractivity contribution in [3.63, 3.8) is 0 Å². The lowest BCUT2D eigenvalue weighted by molar-refractivity contribution is 0.537. The molecule has 0 fully saturated rings. The Labute approximate surface area is 73.6 Å². The van der Waals surface area contributed by atoms with Crippen LogP contribution in [-0.2, 0) is 0 Å². The second-order valence-electron chi connectivity index (χ2n) is 2.65. The minimum absolute atomic E-state index is 0. The Balaban J connectivity index is 0. The third-order valence-corrected chi connectivity index (χ3v) is 1.42. The summed E-state index contributed by atoms with van der Waals surface area (Å²) in [5.74, 6) is 0. The summed E-state index contributed by atoms with van der Waals surface area (Å²) in [7, 11) is 0. The van der Waals surface area contributed by atoms with Crippen LogP contribution in [0.15, 0.2) is 0 Å². The van der Waals surface area contributed by atoms with E-state index < -0.39 is 0 Å². The molecule has 12 heavy (non-hydrogen) atoms. The fourth-order valence-electron chi connectivity index (χ4n) is 0.621. The van der Waals surface area contributed by atoms with Gasteiger partial charge < -0.3 is 34.4 Å². The van der Waals surface area contributed by atoms with Crippen LogP contribution in [-0.4, -0.2) is 38.3 Å². The van der Waals surface area contributed by atoms with E-state index in [1.165, 1.54) is 0 Å². The van der Waals surface area contributed by atoms with Crippen molar-refractivity contribution in [3.8, 4) is 0 Å². The molecule has 0 bridgehead atoms. The van der Waals surface area contributed by atoms with Crippen LogP contribution in [0.1, 0.15) is 0 Å². The van der Waals surface area contributed by atoms with Gasteiger partial charge in [-0.2, -0.15) is 0 Å². The minimum Gasteiger partial charge on any atom is -0.344 e. The monoisotopic (exact) mass is 178 g/mol. The van der Waals surface area contributed by atoms with Crippen LogP contribution >= 0.6 is 0 Å². The lowest BCUT2D eigenvalue weighted by Gasteiger charge is -2.13. The normalized spacial score (nSPS) is 15.0. The molecule has 0 saturated carbocycles. The molecule has 0 saturated heterocycles. The molecule has 6 heteroatoms. The molecule has 0 radical (unpaired) electrons. The standard InChI is InChI=1S/C6H19N5.H3N/c7-1-5(9)3-11-4-6(10)2-8;/h5-6,11H,1-4,7-10H2;1H3. The van der Waals surface area contributed by atoms with Crippen LogP contribution in [0.4, 0.5) is 0 Å². The van der Waals surface area contributed by atoms with Crippen LogP contribution in [0.25, 0.3) is 0 Å². The van der Waals surface area contributed by atoms with Crippen LogP contribution in [0.5, 0.6) is 0 Å². The zero-order valence-electron chi connectivity index (χ0n) is 7.50. The molecule has 76 valence electrons. The first-order valence-corrected chi connectivity index (χ1v) is 3.82. The molecule has 0 spiro atoms. The molecule has 0 rings (SSSR count). The van der Waals surface area contributed by atoms with Gasteiger partial charge in [-0.1, -0.05) is 0 Å². The van der Waals surface area contributed by atoms with Gasteiger partial charge in [0, 0.05) is 38.3 Å². The average molecular weight is 178 g/mol. The summed E-state index contributed by atoms with van der Waals surface area (Å²) in [6.07, 6.45) is 0. The van der Waals surface area contributed by atoms with Crippen molar-refractivity contribution in [2.45, 2.75) is 12.1 Å². The molecule has 12 N–H and O–H groups in total. The molecule has 0 aliphatic rings. The van der Waals surface area contributed by atoms with E-state index in [-0.39, 0.29) is 18.2 Å². The maximum absolute atomic E-state index is 5.54. The summed E-state index contributed by atoms with van der Waals surface area (Å²) < 4.78 is 0. The molecule has 0 aliphatic carbocycles. The average Bonchev–Trinajstić information content (AvgIpc) is 2.04. The van der Waals surface area contributed by atoms with Crippen LogP contribution in [0, 0.1) is 0 Å². The number of rotatable bonds is 6. The number of nitrogens with two attached hydrogens (primary N) is 4. The number of hydrogen-bond donors (Lipinski definition) is 6. The zero-order chi connectivity index (χ0) is 8.69. The van der Waals surface area contributed by atoms with E-state index in [1.807, 2.05) is 0 Å². The molecule has 6 nitrogen and oxygen atoms in total. The van der Waals surface area contributed by atoms with E-state index in [0.717, 1.165) is 0 Å². The Bertz CT molecular complexity index is 78.1. The predicted molar refractivity (Wildman–Crippen MR) is 52.0 cm³/mol. The highest BCUT2D eigenvalue weighted by molar-refractivity contribution is 4.69. The molecule has 0 amide bonds. The second kappa shape index (κ2) is 8.85. The first-order chi connectivity index (χ1) is 5.20. The van der Waals surface area contributed by atoms with Crippen LogP contribution < -0.4 is 34.4 Å². The van der Waals surface area contributed by atoms with Gasteiger partial charge in [-0.25, -0.2) is 0 Å². The van der Waals surface area contributed by atoms with Gasteiger partial charge in [-0.05, 0) is 0 Å². The Kier molecular flexibility index (Phi) is 10.5. The first kappa shape index (κ1) is 14.3. The van der Waals surface area contributed by atoms with E-state index >= 15 is 0 Å². The topological polar surface area (TPSA) is 151 Å². The van der Waals surface area contributed by atoms with Crippen molar-refractivity contribution in [1.82, 2.24) is 11.5 Å². The molecular weight excluding hydrogens is 156 g/mol. The Morgan fingerprint density at radius 1 is 0.917 bits per heavy atom. The molecule has 0 aromatic rings. The van der Waals surface area contributed by atoms with Gasteiger partial charge in [0.25, 0.3) is 0 Å². The molecule has 0 aromatic heterocycles. The molecule has 2 unspecified atom stereocenters. The molecule has 0 aliphatic heterocycles. The maximum atomic E-state index is 5.54. The summed E-state index contributed by atoms with van der Waals surface area (Å²) in [4.78, 5) is 0. The van der Waals surface area contributed by atoms with E-state index in [9.17, 15) is 0 Å². The number of hydrogen-bond acceptors (Lipinski definition) is 6. The van der Waals surface area contributed by atoms with Gasteiger partial charge in [-0.15, -0.1) is 0 Å². The fraction of sp³-hybridized carbons (Fsp3) is 1.00. The van der Waals surface area contributed by atoms with Crippen LogP contribution in [0.2, 0.25) is 0 Å². The van der Waals surface area contributed by atoms with Crippen molar-refractivity contribution in [3.05, 3.63) is 0 Å². The van der Waals surface area contributed by atoms with Gasteiger partial charge in [0.2, 0.25) is 0 Å². The largest absolute Gasteiger partial charge is 0.344 e. The van der Waals surface area contributed by atoms with E-state index in [1.54, 1.807) is 0 Å². The van der Waals surface area contributed by atoms with Crippen molar-refractivity contribution in [2.75, 3.05) is 26.2 Å². The molecular formula is C6H22N6. The highest BCUT2D eigenvalue weighted by Gasteiger charge is 2.00. The predicted octanol–water partition coefficient (Wildman–Crippen LogP) is -2.69. The molecule has 2 atom stereocenters.